The SMILES string of the molecule is C=CCN(CCCC)C(=O)C1N([C@@H](CC)CO)C(=O)[C@@H]2[C@@H](C(=O)N(CC=C)c3ccc(OCC)cc3)[C@H]3CCC12S3. The summed E-state index contributed by atoms with van der Waals surface area (Å²) in [5, 5.41) is 10.3. The first-order chi connectivity index (χ1) is 19.8. The van der Waals surface area contributed by atoms with Crippen LogP contribution in [0, 0.1) is 11.8 Å². The summed E-state index contributed by atoms with van der Waals surface area (Å²) in [4.78, 5) is 48.3. The first kappa shape index (κ1) is 31.2. The van der Waals surface area contributed by atoms with Gasteiger partial charge >= 0.3 is 0 Å². The molecule has 3 fully saturated rings. The van der Waals surface area contributed by atoms with E-state index in [2.05, 4.69) is 20.1 Å². The van der Waals surface area contributed by atoms with Crippen LogP contribution in [0.5, 0.6) is 5.75 Å². The summed E-state index contributed by atoms with van der Waals surface area (Å²) < 4.78 is 4.88. The molecule has 6 atom stereocenters. The zero-order chi connectivity index (χ0) is 29.7. The highest BCUT2D eigenvalue weighted by atomic mass is 32.2. The third kappa shape index (κ3) is 5.55. The molecule has 1 N–H and O–H groups in total. The number of hydrogen-bond donors (Lipinski definition) is 1. The minimum atomic E-state index is -0.722. The van der Waals surface area contributed by atoms with Gasteiger partial charge in [-0.25, -0.2) is 0 Å². The van der Waals surface area contributed by atoms with E-state index >= 15 is 0 Å². The van der Waals surface area contributed by atoms with Crippen molar-refractivity contribution >= 4 is 35.2 Å². The normalized spacial score (nSPS) is 26.9. The molecule has 2 unspecified atom stereocenters. The van der Waals surface area contributed by atoms with Gasteiger partial charge in [0.1, 0.15) is 11.8 Å². The standard InChI is InChI=1S/C32H45N3O5S/c1-6-11-20-33(18-7-2)31(39)28-32-17-16-25(41-32)26(27(32)30(38)35(28)22(9-4)21-36)29(37)34(19-8-3)23-12-14-24(15-13-23)40-10-5/h7-8,12-15,22,25-28,36H,2-3,6,9-11,16-21H2,1,4-5H3/t22-,25+,26-,27-,28?,32?/m0/s1. The smallest absolute Gasteiger partial charge is 0.247 e. The largest absolute Gasteiger partial charge is 0.494 e. The fourth-order valence-electron chi connectivity index (χ4n) is 6.95. The number of nitrogens with zero attached hydrogens (tertiary/aromatic N) is 3. The van der Waals surface area contributed by atoms with Gasteiger partial charge in [-0.1, -0.05) is 32.4 Å². The molecule has 224 valence electrons. The molecular weight excluding hydrogens is 538 g/mol. The Morgan fingerprint density at radius 3 is 2.46 bits per heavy atom. The quantitative estimate of drug-likeness (QED) is 0.310. The number of fused-ring (bicyclic) bond motifs is 1. The number of hydrogen-bond acceptors (Lipinski definition) is 6. The number of anilines is 1. The summed E-state index contributed by atoms with van der Waals surface area (Å²) in [5.41, 5.74) is 0.716. The number of amides is 3. The highest BCUT2D eigenvalue weighted by molar-refractivity contribution is 8.02. The van der Waals surface area contributed by atoms with Crippen molar-refractivity contribution in [1.82, 2.24) is 9.80 Å². The van der Waals surface area contributed by atoms with E-state index in [9.17, 15) is 19.5 Å². The Hall–Kier alpha value is -2.78. The topological polar surface area (TPSA) is 90.4 Å². The Morgan fingerprint density at radius 2 is 1.88 bits per heavy atom. The summed E-state index contributed by atoms with van der Waals surface area (Å²) in [6, 6.07) is 6.19. The molecule has 3 aliphatic heterocycles. The van der Waals surface area contributed by atoms with Gasteiger partial charge in [0.25, 0.3) is 0 Å². The molecular formula is C32H45N3O5S. The van der Waals surface area contributed by atoms with E-state index in [0.29, 0.717) is 44.8 Å². The number of ether oxygens (including phenoxy) is 1. The molecule has 3 aliphatic rings. The van der Waals surface area contributed by atoms with Crippen LogP contribution in [0.4, 0.5) is 5.69 Å². The van der Waals surface area contributed by atoms with Crippen LogP contribution in [0.2, 0.25) is 0 Å². The number of rotatable bonds is 15. The predicted molar refractivity (Wildman–Crippen MR) is 164 cm³/mol. The molecule has 0 radical (unpaired) electrons. The molecule has 1 aromatic carbocycles. The van der Waals surface area contributed by atoms with Crippen LogP contribution in [-0.2, 0) is 14.4 Å². The molecule has 1 aromatic rings. The van der Waals surface area contributed by atoms with Crippen LogP contribution >= 0.6 is 11.8 Å². The molecule has 3 saturated heterocycles. The molecule has 0 aromatic heterocycles. The van der Waals surface area contributed by atoms with Gasteiger partial charge in [0.2, 0.25) is 17.7 Å². The molecule has 4 rings (SSSR count). The van der Waals surface area contributed by atoms with Gasteiger partial charge in [-0.05, 0) is 56.9 Å². The van der Waals surface area contributed by atoms with Crippen molar-refractivity contribution in [2.45, 2.75) is 75.0 Å². The van der Waals surface area contributed by atoms with Crippen LogP contribution in [0.15, 0.2) is 49.6 Å². The first-order valence-corrected chi connectivity index (χ1v) is 15.9. The fourth-order valence-corrected chi connectivity index (χ4v) is 9.14. The van der Waals surface area contributed by atoms with Crippen LogP contribution in [-0.4, -0.2) is 87.6 Å². The number of benzene rings is 1. The lowest BCUT2D eigenvalue weighted by Gasteiger charge is -2.39. The van der Waals surface area contributed by atoms with Crippen molar-refractivity contribution in [2.24, 2.45) is 11.8 Å². The lowest BCUT2D eigenvalue weighted by molar-refractivity contribution is -0.145. The van der Waals surface area contributed by atoms with E-state index in [-0.39, 0.29) is 29.6 Å². The molecule has 2 bridgehead atoms. The van der Waals surface area contributed by atoms with Crippen molar-refractivity contribution in [3.05, 3.63) is 49.6 Å². The zero-order valence-electron chi connectivity index (χ0n) is 24.7. The van der Waals surface area contributed by atoms with E-state index in [1.165, 1.54) is 0 Å². The highest BCUT2D eigenvalue weighted by Gasteiger charge is 2.74. The fraction of sp³-hybridized carbons (Fsp3) is 0.594. The second kappa shape index (κ2) is 13.5. The van der Waals surface area contributed by atoms with E-state index in [1.807, 2.05) is 38.1 Å². The number of carbonyl (C=O) groups is 3. The summed E-state index contributed by atoms with van der Waals surface area (Å²) in [6.45, 7) is 15.3. The highest BCUT2D eigenvalue weighted by Crippen LogP contribution is 2.67. The summed E-state index contributed by atoms with van der Waals surface area (Å²) in [5.74, 6) is -0.867. The summed E-state index contributed by atoms with van der Waals surface area (Å²) in [7, 11) is 0. The number of thioether (sulfide) groups is 1. The van der Waals surface area contributed by atoms with Gasteiger partial charge < -0.3 is 24.5 Å². The second-order valence-electron chi connectivity index (χ2n) is 11.1. The minimum Gasteiger partial charge on any atom is -0.494 e. The number of aliphatic hydroxyl groups is 1. The van der Waals surface area contributed by atoms with Gasteiger partial charge in [-0.3, -0.25) is 14.4 Å². The number of aliphatic hydroxyl groups excluding tert-OH is 1. The van der Waals surface area contributed by atoms with Crippen molar-refractivity contribution in [3.63, 3.8) is 0 Å². The van der Waals surface area contributed by atoms with Crippen LogP contribution in [0.1, 0.15) is 52.9 Å². The number of carbonyl (C=O) groups excluding carboxylic acids is 3. The Bertz CT molecular complexity index is 1120. The third-order valence-electron chi connectivity index (χ3n) is 8.81. The van der Waals surface area contributed by atoms with Gasteiger partial charge in [0.15, 0.2) is 0 Å². The summed E-state index contributed by atoms with van der Waals surface area (Å²) >= 11 is 1.66. The number of likely N-dealkylation sites (tertiary alicyclic amines) is 1. The molecule has 3 heterocycles. The van der Waals surface area contributed by atoms with E-state index in [4.69, 9.17) is 4.74 Å². The Morgan fingerprint density at radius 1 is 1.17 bits per heavy atom. The maximum atomic E-state index is 14.4. The van der Waals surface area contributed by atoms with Gasteiger partial charge in [-0.2, -0.15) is 0 Å². The maximum Gasteiger partial charge on any atom is 0.247 e. The van der Waals surface area contributed by atoms with E-state index < -0.39 is 28.7 Å². The van der Waals surface area contributed by atoms with Crippen LogP contribution < -0.4 is 9.64 Å². The van der Waals surface area contributed by atoms with Gasteiger partial charge in [0.05, 0.1) is 35.8 Å². The molecule has 1 spiro atoms. The van der Waals surface area contributed by atoms with Crippen LogP contribution in [0.3, 0.4) is 0 Å². The molecule has 0 aliphatic carbocycles. The van der Waals surface area contributed by atoms with Gasteiger partial charge in [0, 0.05) is 30.6 Å². The molecule has 3 amide bonds. The van der Waals surface area contributed by atoms with Crippen molar-refractivity contribution in [2.75, 3.05) is 37.7 Å². The van der Waals surface area contributed by atoms with Crippen LogP contribution in [0.25, 0.3) is 0 Å². The Balaban J connectivity index is 1.74. The van der Waals surface area contributed by atoms with Crippen molar-refractivity contribution in [3.8, 4) is 5.75 Å². The predicted octanol–water partition coefficient (Wildman–Crippen LogP) is 4.28. The number of unbranched alkanes of at least 4 members (excludes halogenated alkanes) is 1. The van der Waals surface area contributed by atoms with Crippen molar-refractivity contribution in [1.29, 1.82) is 0 Å². The Labute approximate surface area is 248 Å². The van der Waals surface area contributed by atoms with Crippen molar-refractivity contribution < 1.29 is 24.2 Å². The minimum absolute atomic E-state index is 0.0541. The van der Waals surface area contributed by atoms with E-state index in [1.54, 1.807) is 38.6 Å². The maximum absolute atomic E-state index is 14.4. The van der Waals surface area contributed by atoms with Gasteiger partial charge in [-0.15, -0.1) is 24.9 Å². The summed E-state index contributed by atoms with van der Waals surface area (Å²) in [6.07, 6.45) is 7.18. The third-order valence-corrected chi connectivity index (χ3v) is 10.8. The Kier molecular flexibility index (Phi) is 10.2. The molecule has 0 saturated carbocycles. The molecule has 8 nitrogen and oxygen atoms in total. The zero-order valence-corrected chi connectivity index (χ0v) is 25.5. The van der Waals surface area contributed by atoms with E-state index in [0.717, 1.165) is 25.0 Å². The second-order valence-corrected chi connectivity index (χ2v) is 12.7. The molecule has 41 heavy (non-hydrogen) atoms. The molecule has 9 heteroatoms. The average Bonchev–Trinajstić information content (AvgIpc) is 3.62. The monoisotopic (exact) mass is 583 g/mol. The lowest BCUT2D eigenvalue weighted by Crippen LogP contribution is -2.57. The lowest BCUT2D eigenvalue weighted by atomic mass is 9.70. The first-order valence-electron chi connectivity index (χ1n) is 15.0. The average molecular weight is 584 g/mol.